The normalized spacial score (nSPS) is 15.6. The molecule has 2 aliphatic rings. The zero-order chi connectivity index (χ0) is 22.1. The number of H-pyrrole nitrogens is 1. The highest BCUT2D eigenvalue weighted by Crippen LogP contribution is 2.34. The molecule has 0 spiro atoms. The van der Waals surface area contributed by atoms with Crippen molar-refractivity contribution in [2.24, 2.45) is 0 Å². The highest BCUT2D eigenvalue weighted by Gasteiger charge is 2.25. The van der Waals surface area contributed by atoms with Gasteiger partial charge in [0.2, 0.25) is 6.79 Å². The molecule has 2 heterocycles. The van der Waals surface area contributed by atoms with Gasteiger partial charge in [0.25, 0.3) is 5.56 Å². The Morgan fingerprint density at radius 2 is 1.78 bits per heavy atom. The number of nitrogens with zero attached hydrogens (tertiary/aromatic N) is 2. The van der Waals surface area contributed by atoms with Gasteiger partial charge in [0.15, 0.2) is 23.0 Å². The lowest BCUT2D eigenvalue weighted by Crippen LogP contribution is -2.33. The Labute approximate surface area is 186 Å². The third kappa shape index (κ3) is 3.98. The van der Waals surface area contributed by atoms with Crippen LogP contribution in [0.2, 0.25) is 0 Å². The minimum atomic E-state index is -0.180. The van der Waals surface area contributed by atoms with Gasteiger partial charge in [0.05, 0.1) is 31.7 Å². The molecule has 1 aromatic heterocycles. The molecular formula is C24H27N3O5. The summed E-state index contributed by atoms with van der Waals surface area (Å²) in [6.07, 6.45) is 4.74. The maximum absolute atomic E-state index is 12.8. The van der Waals surface area contributed by atoms with Crippen LogP contribution in [-0.4, -0.2) is 41.9 Å². The summed E-state index contributed by atoms with van der Waals surface area (Å²) in [5, 5.41) is 0.481. The van der Waals surface area contributed by atoms with Crippen LogP contribution in [0.4, 0.5) is 0 Å². The van der Waals surface area contributed by atoms with Crippen molar-refractivity contribution in [1.82, 2.24) is 14.9 Å². The lowest BCUT2D eigenvalue weighted by atomic mass is 10.1. The van der Waals surface area contributed by atoms with E-state index in [-0.39, 0.29) is 12.4 Å². The number of aromatic nitrogens is 2. The van der Waals surface area contributed by atoms with Crippen molar-refractivity contribution in [3.8, 4) is 23.0 Å². The van der Waals surface area contributed by atoms with Gasteiger partial charge in [-0.1, -0.05) is 18.9 Å². The Morgan fingerprint density at radius 3 is 2.56 bits per heavy atom. The van der Waals surface area contributed by atoms with E-state index < -0.39 is 0 Å². The molecule has 168 valence electrons. The van der Waals surface area contributed by atoms with Gasteiger partial charge in [-0.25, -0.2) is 4.98 Å². The number of ether oxygens (including phenoxy) is 4. The molecule has 1 N–H and O–H groups in total. The average molecular weight is 437 g/mol. The number of hydrogen-bond donors (Lipinski definition) is 1. The molecule has 0 radical (unpaired) electrons. The average Bonchev–Trinajstić information content (AvgIpc) is 3.49. The molecule has 0 unspecified atom stereocenters. The first kappa shape index (κ1) is 20.6. The number of rotatable bonds is 7. The monoisotopic (exact) mass is 437 g/mol. The SMILES string of the molecule is COc1cc2nc(CN(Cc3ccc4c(c3)OCO4)C3CCCC3)[nH]c(=O)c2cc1OC. The van der Waals surface area contributed by atoms with E-state index in [1.165, 1.54) is 12.8 Å². The minimum Gasteiger partial charge on any atom is -0.493 e. The summed E-state index contributed by atoms with van der Waals surface area (Å²) in [5.74, 6) is 3.27. The molecule has 0 saturated heterocycles. The molecule has 32 heavy (non-hydrogen) atoms. The first-order chi connectivity index (χ1) is 15.6. The molecule has 0 amide bonds. The quantitative estimate of drug-likeness (QED) is 0.604. The molecule has 8 heteroatoms. The lowest BCUT2D eigenvalue weighted by Gasteiger charge is -2.28. The summed E-state index contributed by atoms with van der Waals surface area (Å²) in [7, 11) is 3.13. The number of nitrogens with one attached hydrogen (secondary N) is 1. The van der Waals surface area contributed by atoms with Gasteiger partial charge in [-0.05, 0) is 36.6 Å². The predicted molar refractivity (Wildman–Crippen MR) is 120 cm³/mol. The molecule has 2 aromatic carbocycles. The van der Waals surface area contributed by atoms with E-state index in [4.69, 9.17) is 23.9 Å². The fraction of sp³-hybridized carbons (Fsp3) is 0.417. The lowest BCUT2D eigenvalue weighted by molar-refractivity contribution is 0.172. The first-order valence-corrected chi connectivity index (χ1v) is 10.9. The van der Waals surface area contributed by atoms with Crippen LogP contribution in [-0.2, 0) is 13.1 Å². The maximum atomic E-state index is 12.8. The second-order valence-electron chi connectivity index (χ2n) is 8.27. The summed E-state index contributed by atoms with van der Waals surface area (Å²) >= 11 is 0. The maximum Gasteiger partial charge on any atom is 0.258 e. The minimum absolute atomic E-state index is 0.180. The molecule has 1 fully saturated rings. The van der Waals surface area contributed by atoms with Crippen LogP contribution in [0.3, 0.4) is 0 Å². The Bertz CT molecular complexity index is 1190. The van der Waals surface area contributed by atoms with Crippen LogP contribution in [0, 0.1) is 0 Å². The Morgan fingerprint density at radius 1 is 1.03 bits per heavy atom. The first-order valence-electron chi connectivity index (χ1n) is 10.9. The van der Waals surface area contributed by atoms with Crippen LogP contribution in [0.15, 0.2) is 35.1 Å². The number of aromatic amines is 1. The second kappa shape index (κ2) is 8.70. The molecular weight excluding hydrogens is 410 g/mol. The molecule has 5 rings (SSSR count). The summed E-state index contributed by atoms with van der Waals surface area (Å²) in [6.45, 7) is 1.56. The Kier molecular flexibility index (Phi) is 5.61. The van der Waals surface area contributed by atoms with Crippen LogP contribution in [0.5, 0.6) is 23.0 Å². The smallest absolute Gasteiger partial charge is 0.258 e. The summed E-state index contributed by atoms with van der Waals surface area (Å²) < 4.78 is 21.7. The van der Waals surface area contributed by atoms with Gasteiger partial charge in [-0.2, -0.15) is 0 Å². The van der Waals surface area contributed by atoms with E-state index in [1.54, 1.807) is 26.4 Å². The second-order valence-corrected chi connectivity index (χ2v) is 8.27. The highest BCUT2D eigenvalue weighted by molar-refractivity contribution is 5.81. The topological polar surface area (TPSA) is 85.9 Å². The van der Waals surface area contributed by atoms with E-state index in [0.717, 1.165) is 36.4 Å². The van der Waals surface area contributed by atoms with Crippen LogP contribution in [0.25, 0.3) is 10.9 Å². The van der Waals surface area contributed by atoms with Gasteiger partial charge < -0.3 is 23.9 Å². The van der Waals surface area contributed by atoms with Crippen molar-refractivity contribution >= 4 is 10.9 Å². The fourth-order valence-corrected chi connectivity index (χ4v) is 4.64. The molecule has 1 saturated carbocycles. The zero-order valence-corrected chi connectivity index (χ0v) is 18.3. The van der Waals surface area contributed by atoms with Crippen molar-refractivity contribution in [1.29, 1.82) is 0 Å². The van der Waals surface area contributed by atoms with Crippen LogP contribution >= 0.6 is 0 Å². The largest absolute Gasteiger partial charge is 0.493 e. The Balaban J connectivity index is 1.45. The third-order valence-corrected chi connectivity index (χ3v) is 6.28. The molecule has 1 aliphatic heterocycles. The highest BCUT2D eigenvalue weighted by atomic mass is 16.7. The van der Waals surface area contributed by atoms with Gasteiger partial charge in [0, 0.05) is 18.7 Å². The summed E-state index contributed by atoms with van der Waals surface area (Å²) in [5.41, 5.74) is 1.56. The molecule has 0 atom stereocenters. The van der Waals surface area contributed by atoms with Crippen molar-refractivity contribution in [2.75, 3.05) is 21.0 Å². The van der Waals surface area contributed by atoms with Gasteiger partial charge in [-0.15, -0.1) is 0 Å². The van der Waals surface area contributed by atoms with Crippen LogP contribution in [0.1, 0.15) is 37.1 Å². The van der Waals surface area contributed by atoms with E-state index in [0.29, 0.717) is 40.8 Å². The number of hydrogen-bond acceptors (Lipinski definition) is 7. The Hall–Kier alpha value is -3.26. The molecule has 3 aromatic rings. The van der Waals surface area contributed by atoms with E-state index in [2.05, 4.69) is 16.0 Å². The fourth-order valence-electron chi connectivity index (χ4n) is 4.64. The summed E-state index contributed by atoms with van der Waals surface area (Å²) in [4.78, 5) is 22.9. The number of fused-ring (bicyclic) bond motifs is 2. The molecule has 8 nitrogen and oxygen atoms in total. The molecule has 1 aliphatic carbocycles. The third-order valence-electron chi connectivity index (χ3n) is 6.28. The zero-order valence-electron chi connectivity index (χ0n) is 18.3. The number of benzene rings is 2. The van der Waals surface area contributed by atoms with Crippen molar-refractivity contribution < 1.29 is 18.9 Å². The van der Waals surface area contributed by atoms with Crippen molar-refractivity contribution in [3.05, 3.63) is 52.1 Å². The van der Waals surface area contributed by atoms with Gasteiger partial charge in [0.1, 0.15) is 5.82 Å². The van der Waals surface area contributed by atoms with E-state index in [1.807, 2.05) is 12.1 Å². The standard InChI is InChI=1S/C24H27N3O5/c1-29-20-10-17-18(11-21(20)30-2)25-23(26-24(17)28)13-27(16-5-3-4-6-16)12-15-7-8-19-22(9-15)32-14-31-19/h7-11,16H,3-6,12-14H2,1-2H3,(H,25,26,28). The predicted octanol–water partition coefficient (Wildman–Crippen LogP) is 3.61. The van der Waals surface area contributed by atoms with Crippen molar-refractivity contribution in [3.63, 3.8) is 0 Å². The van der Waals surface area contributed by atoms with E-state index >= 15 is 0 Å². The van der Waals surface area contributed by atoms with Crippen LogP contribution < -0.4 is 24.5 Å². The van der Waals surface area contributed by atoms with Gasteiger partial charge in [-0.3, -0.25) is 9.69 Å². The van der Waals surface area contributed by atoms with E-state index in [9.17, 15) is 4.79 Å². The van der Waals surface area contributed by atoms with Crippen molar-refractivity contribution in [2.45, 2.75) is 44.8 Å². The summed E-state index contributed by atoms with van der Waals surface area (Å²) in [6, 6.07) is 9.95. The number of methoxy groups -OCH3 is 2. The van der Waals surface area contributed by atoms with Gasteiger partial charge >= 0.3 is 0 Å². The molecule has 0 bridgehead atoms.